The second-order valence-electron chi connectivity index (χ2n) is 7.59. The third kappa shape index (κ3) is 3.59. The molecule has 2 amide bonds. The first-order valence-corrected chi connectivity index (χ1v) is 9.70. The van der Waals surface area contributed by atoms with Crippen molar-refractivity contribution in [3.8, 4) is 0 Å². The molecule has 9 heteroatoms. The van der Waals surface area contributed by atoms with E-state index >= 15 is 0 Å². The lowest BCUT2D eigenvalue weighted by Gasteiger charge is -2.40. The van der Waals surface area contributed by atoms with Crippen LogP contribution in [0.15, 0.2) is 24.8 Å². The van der Waals surface area contributed by atoms with Gasteiger partial charge in [-0.15, -0.1) is 0 Å². The van der Waals surface area contributed by atoms with E-state index in [9.17, 15) is 9.59 Å². The molecular formula is C19H26N6O3. The van der Waals surface area contributed by atoms with Crippen molar-refractivity contribution in [3.05, 3.63) is 30.5 Å². The fourth-order valence-corrected chi connectivity index (χ4v) is 4.49. The van der Waals surface area contributed by atoms with Gasteiger partial charge in [-0.2, -0.15) is 0 Å². The lowest BCUT2D eigenvalue weighted by Crippen LogP contribution is -2.57. The maximum Gasteiger partial charge on any atom is 0.246 e. The Balaban J connectivity index is 1.43. The lowest BCUT2D eigenvalue weighted by molar-refractivity contribution is -0.134. The average Bonchev–Trinajstić information content (AvgIpc) is 3.27. The summed E-state index contributed by atoms with van der Waals surface area (Å²) in [7, 11) is 1.50. The highest BCUT2D eigenvalue weighted by Crippen LogP contribution is 2.38. The van der Waals surface area contributed by atoms with Gasteiger partial charge in [0.25, 0.3) is 0 Å². The molecule has 0 aliphatic carbocycles. The second kappa shape index (κ2) is 7.84. The van der Waals surface area contributed by atoms with Crippen molar-refractivity contribution in [1.82, 2.24) is 29.9 Å². The molecule has 4 heterocycles. The molecule has 2 fully saturated rings. The number of hydrogen-bond donors (Lipinski definition) is 2. The van der Waals surface area contributed by atoms with Crippen molar-refractivity contribution in [2.45, 2.75) is 43.8 Å². The van der Waals surface area contributed by atoms with Gasteiger partial charge in [0.15, 0.2) is 5.65 Å². The van der Waals surface area contributed by atoms with Crippen LogP contribution in [0.2, 0.25) is 0 Å². The molecule has 2 aromatic heterocycles. The number of nitrogens with zero attached hydrogens (tertiary/aromatic N) is 4. The topological polar surface area (TPSA) is 101 Å². The van der Waals surface area contributed by atoms with Crippen LogP contribution in [0, 0.1) is 0 Å². The number of nitrogens with one attached hydrogen (secondary N) is 2. The van der Waals surface area contributed by atoms with Gasteiger partial charge in [0, 0.05) is 38.3 Å². The Morgan fingerprint density at radius 2 is 2.29 bits per heavy atom. The average molecular weight is 386 g/mol. The fourth-order valence-electron chi connectivity index (χ4n) is 4.49. The second-order valence-corrected chi connectivity index (χ2v) is 7.59. The summed E-state index contributed by atoms with van der Waals surface area (Å²) in [5.41, 5.74) is 0.998. The molecule has 0 bridgehead atoms. The Hall–Kier alpha value is -2.52. The Kier molecular flexibility index (Phi) is 5.27. The Morgan fingerprint density at radius 3 is 3.11 bits per heavy atom. The minimum absolute atomic E-state index is 0.0193. The molecule has 0 aromatic carbocycles. The van der Waals surface area contributed by atoms with Crippen LogP contribution in [0.3, 0.4) is 0 Å². The van der Waals surface area contributed by atoms with Crippen LogP contribution in [0.1, 0.15) is 31.4 Å². The van der Waals surface area contributed by atoms with E-state index in [1.165, 1.54) is 7.11 Å². The molecular weight excluding hydrogens is 360 g/mol. The number of amides is 2. The summed E-state index contributed by atoms with van der Waals surface area (Å²) in [6, 6.07) is -0.0345. The number of hydrogen-bond acceptors (Lipinski definition) is 6. The quantitative estimate of drug-likeness (QED) is 0.731. The first-order valence-electron chi connectivity index (χ1n) is 9.70. The van der Waals surface area contributed by atoms with Crippen LogP contribution in [-0.2, 0) is 20.9 Å². The first kappa shape index (κ1) is 18.8. The Bertz CT molecular complexity index is 835. The monoisotopic (exact) mass is 386 g/mol. The summed E-state index contributed by atoms with van der Waals surface area (Å²) in [5, 5.41) is 6.08. The van der Waals surface area contributed by atoms with Crippen molar-refractivity contribution >= 4 is 17.5 Å². The highest BCUT2D eigenvalue weighted by Gasteiger charge is 2.52. The highest BCUT2D eigenvalue weighted by molar-refractivity contribution is 5.87. The van der Waals surface area contributed by atoms with Crippen molar-refractivity contribution in [2.75, 3.05) is 26.8 Å². The number of fused-ring (bicyclic) bond motifs is 2. The van der Waals surface area contributed by atoms with Gasteiger partial charge in [-0.1, -0.05) is 0 Å². The maximum atomic E-state index is 13.2. The molecule has 2 aliphatic heterocycles. The van der Waals surface area contributed by atoms with E-state index in [1.54, 1.807) is 12.4 Å². The van der Waals surface area contributed by atoms with Gasteiger partial charge in [0.2, 0.25) is 11.8 Å². The van der Waals surface area contributed by atoms with Crippen LogP contribution in [0.25, 0.3) is 5.65 Å². The molecule has 0 spiro atoms. The summed E-state index contributed by atoms with van der Waals surface area (Å²) in [4.78, 5) is 35.9. The third-order valence-corrected chi connectivity index (χ3v) is 5.71. The van der Waals surface area contributed by atoms with Crippen molar-refractivity contribution in [1.29, 1.82) is 0 Å². The highest BCUT2D eigenvalue weighted by atomic mass is 16.5. The molecule has 0 saturated carbocycles. The minimum atomic E-state index is -0.552. The van der Waals surface area contributed by atoms with Crippen molar-refractivity contribution < 1.29 is 14.3 Å². The summed E-state index contributed by atoms with van der Waals surface area (Å²) in [6.45, 7) is 1.99. The summed E-state index contributed by atoms with van der Waals surface area (Å²) < 4.78 is 6.78. The van der Waals surface area contributed by atoms with E-state index in [0.29, 0.717) is 19.5 Å². The maximum absolute atomic E-state index is 13.2. The fraction of sp³-hybridized carbons (Fsp3) is 0.579. The van der Waals surface area contributed by atoms with E-state index in [2.05, 4.69) is 25.5 Å². The largest absolute Gasteiger partial charge is 0.375 e. The van der Waals surface area contributed by atoms with E-state index < -0.39 is 5.54 Å². The van der Waals surface area contributed by atoms with Crippen LogP contribution in [0.5, 0.6) is 0 Å². The number of aromatic nitrogens is 3. The number of methoxy groups -OCH3 is 1. The standard InChI is InChI=1S/C19H26N6O3/c1-28-13-17(26)23-14-8-19(4-2-3-6-25(19)12-14)18(27)21-9-15-11-24-7-5-20-10-16(24)22-15/h5,7,10-11,14H,2-4,6,8-9,12-13H2,1H3,(H,21,27)(H,23,26)/t14-,19-/m0/s1. The predicted molar refractivity (Wildman–Crippen MR) is 101 cm³/mol. The zero-order chi connectivity index (χ0) is 19.6. The molecule has 2 N–H and O–H groups in total. The van der Waals surface area contributed by atoms with Crippen molar-refractivity contribution in [2.24, 2.45) is 0 Å². The first-order chi connectivity index (χ1) is 13.6. The SMILES string of the molecule is COCC(=O)N[C@@H]1CN2CCCC[C@@]2(C(=O)NCc2cn3ccncc3n2)C1. The number of piperidine rings is 1. The minimum Gasteiger partial charge on any atom is -0.375 e. The zero-order valence-corrected chi connectivity index (χ0v) is 16.1. The van der Waals surface area contributed by atoms with Crippen LogP contribution >= 0.6 is 0 Å². The van der Waals surface area contributed by atoms with Gasteiger partial charge in [0.1, 0.15) is 12.1 Å². The number of rotatable bonds is 6. The van der Waals surface area contributed by atoms with Crippen LogP contribution < -0.4 is 10.6 Å². The molecule has 2 atom stereocenters. The Morgan fingerprint density at radius 1 is 1.39 bits per heavy atom. The summed E-state index contributed by atoms with van der Waals surface area (Å²) in [6.07, 6.45) is 10.7. The molecule has 28 heavy (non-hydrogen) atoms. The molecule has 150 valence electrons. The molecule has 2 saturated heterocycles. The van der Waals surface area contributed by atoms with Crippen LogP contribution in [-0.4, -0.2) is 69.5 Å². The smallest absolute Gasteiger partial charge is 0.246 e. The number of carbonyl (C=O) groups is 2. The molecule has 9 nitrogen and oxygen atoms in total. The van der Waals surface area contributed by atoms with Crippen LogP contribution in [0.4, 0.5) is 0 Å². The zero-order valence-electron chi connectivity index (χ0n) is 16.1. The normalized spacial score (nSPS) is 24.8. The molecule has 4 rings (SSSR count). The van der Waals surface area contributed by atoms with Gasteiger partial charge in [-0.25, -0.2) is 4.98 Å². The number of ether oxygens (including phenoxy) is 1. The third-order valence-electron chi connectivity index (χ3n) is 5.71. The summed E-state index contributed by atoms with van der Waals surface area (Å²) in [5.74, 6) is -0.118. The molecule has 2 aliphatic rings. The number of imidazole rings is 1. The van der Waals surface area contributed by atoms with Gasteiger partial charge in [-0.3, -0.25) is 19.5 Å². The number of carbonyl (C=O) groups excluding carboxylic acids is 2. The molecule has 0 unspecified atom stereocenters. The van der Waals surface area contributed by atoms with Gasteiger partial charge >= 0.3 is 0 Å². The lowest BCUT2D eigenvalue weighted by atomic mass is 9.84. The summed E-state index contributed by atoms with van der Waals surface area (Å²) >= 11 is 0. The van der Waals surface area contributed by atoms with Crippen molar-refractivity contribution in [3.63, 3.8) is 0 Å². The molecule has 0 radical (unpaired) electrons. The van der Waals surface area contributed by atoms with E-state index in [0.717, 1.165) is 37.1 Å². The van der Waals surface area contributed by atoms with E-state index in [4.69, 9.17) is 4.74 Å². The van der Waals surface area contributed by atoms with Gasteiger partial charge in [0.05, 0.1) is 18.4 Å². The Labute approximate surface area is 163 Å². The van der Waals surface area contributed by atoms with E-state index in [-0.39, 0.29) is 24.5 Å². The van der Waals surface area contributed by atoms with Gasteiger partial charge in [-0.05, 0) is 32.2 Å². The van der Waals surface area contributed by atoms with Gasteiger partial charge < -0.3 is 19.8 Å². The van der Waals surface area contributed by atoms with E-state index in [1.807, 2.05) is 16.8 Å². The predicted octanol–water partition coefficient (Wildman–Crippen LogP) is 0.105. The molecule has 2 aromatic rings.